The van der Waals surface area contributed by atoms with Gasteiger partial charge in [-0.15, -0.1) is 0 Å². The molecule has 14 nitrogen and oxygen atoms in total. The van der Waals surface area contributed by atoms with Crippen LogP contribution in [0.15, 0.2) is 84.9 Å². The molecule has 6 aromatic rings. The fraction of sp³-hybridized carbons (Fsp3) is 0.396. The van der Waals surface area contributed by atoms with Crippen LogP contribution in [0.4, 0.5) is 18.4 Å². The number of ether oxygens (including phenoxy) is 4. The van der Waals surface area contributed by atoms with E-state index in [4.69, 9.17) is 18.9 Å². The average Bonchev–Trinajstić information content (AvgIpc) is 3.82. The number of imidazole rings is 2. The summed E-state index contributed by atoms with van der Waals surface area (Å²) < 4.78 is 53.0. The molecule has 2 aliphatic heterocycles. The van der Waals surface area contributed by atoms with E-state index in [1.165, 1.54) is 24.3 Å². The Bertz CT molecular complexity index is 2580. The summed E-state index contributed by atoms with van der Waals surface area (Å²) in [5.41, 5.74) is 2.01. The maximum atomic E-state index is 13.2. The molecule has 0 unspecified atom stereocenters. The van der Waals surface area contributed by atoms with Crippen molar-refractivity contribution in [1.82, 2.24) is 28.9 Å². The standard InChI is InChI=1S/C24H28FN3O4.C24H26FN3O4/c2*1-24(2,3)32-23(30)27-12-10-17(11-13-27)28-21-14-19(8-9-20(21)26-22(28)15-29)31-18-6-4-16(25)5-7-18/h4-9,14,17,29H,10-13,15H2,1-3H3;4-9,14-15,17H,10-13H2,1-3H3. The highest BCUT2D eigenvalue weighted by atomic mass is 19.1. The van der Waals surface area contributed by atoms with Crippen LogP contribution >= 0.6 is 0 Å². The summed E-state index contributed by atoms with van der Waals surface area (Å²) in [6.07, 6.45) is 2.92. The molecule has 2 saturated heterocycles. The second-order valence-corrected chi connectivity index (χ2v) is 17.8. The molecule has 2 aromatic heterocycles. The van der Waals surface area contributed by atoms with Crippen molar-refractivity contribution >= 4 is 40.5 Å². The Morgan fingerprint density at radius 2 is 1.02 bits per heavy atom. The lowest BCUT2D eigenvalue weighted by Gasteiger charge is -2.34. The van der Waals surface area contributed by atoms with Crippen molar-refractivity contribution in [3.63, 3.8) is 0 Å². The van der Waals surface area contributed by atoms with Crippen molar-refractivity contribution in [1.29, 1.82) is 0 Å². The molecular weight excluding hydrogens is 827 g/mol. The number of benzene rings is 4. The number of aliphatic hydroxyl groups excluding tert-OH is 1. The van der Waals surface area contributed by atoms with Gasteiger partial charge in [0.2, 0.25) is 0 Å². The van der Waals surface area contributed by atoms with E-state index in [1.807, 2.05) is 68.9 Å². The normalized spacial score (nSPS) is 15.1. The summed E-state index contributed by atoms with van der Waals surface area (Å²) >= 11 is 0. The number of halogens is 2. The highest BCUT2D eigenvalue weighted by molar-refractivity contribution is 5.84. The molecule has 0 saturated carbocycles. The minimum atomic E-state index is -0.542. The van der Waals surface area contributed by atoms with Gasteiger partial charge in [-0.25, -0.2) is 28.3 Å². The van der Waals surface area contributed by atoms with E-state index >= 15 is 0 Å². The number of aromatic nitrogens is 4. The SMILES string of the molecule is CC(C)(C)OC(=O)N1CCC(n2c(C=O)nc3ccc(Oc4ccc(F)cc4)cc32)CC1.CC(C)(C)OC(=O)N1CCC(n2c(CO)nc3ccc(Oc4ccc(F)cc4)cc32)CC1. The second-order valence-electron chi connectivity index (χ2n) is 17.8. The van der Waals surface area contributed by atoms with Gasteiger partial charge in [-0.1, -0.05) is 0 Å². The van der Waals surface area contributed by atoms with Crippen LogP contribution in [0.1, 0.15) is 95.8 Å². The quantitative estimate of drug-likeness (QED) is 0.146. The van der Waals surface area contributed by atoms with Gasteiger partial charge in [0, 0.05) is 50.4 Å². The zero-order chi connectivity index (χ0) is 45.8. The Morgan fingerprint density at radius 3 is 1.42 bits per heavy atom. The number of rotatable bonds is 8. The van der Waals surface area contributed by atoms with Gasteiger partial charge >= 0.3 is 12.2 Å². The van der Waals surface area contributed by atoms with E-state index in [1.54, 1.807) is 52.3 Å². The first-order valence-corrected chi connectivity index (χ1v) is 21.4. The Hall–Kier alpha value is -6.55. The van der Waals surface area contributed by atoms with Gasteiger partial charge in [0.05, 0.1) is 22.1 Å². The molecule has 2 aliphatic rings. The summed E-state index contributed by atoms with van der Waals surface area (Å²) in [5, 5.41) is 9.91. The Balaban J connectivity index is 0.000000191. The van der Waals surface area contributed by atoms with Gasteiger partial charge in [0.25, 0.3) is 0 Å². The topological polar surface area (TPSA) is 150 Å². The molecule has 8 rings (SSSR count). The van der Waals surface area contributed by atoms with Gasteiger partial charge in [-0.2, -0.15) is 0 Å². The minimum Gasteiger partial charge on any atom is -0.457 e. The number of carbonyl (C=O) groups is 3. The fourth-order valence-electron chi connectivity index (χ4n) is 7.87. The van der Waals surface area contributed by atoms with Gasteiger partial charge in [0.1, 0.15) is 58.3 Å². The van der Waals surface area contributed by atoms with E-state index in [0.717, 1.165) is 35.7 Å². The van der Waals surface area contributed by atoms with Crippen LogP contribution in [-0.4, -0.2) is 89.9 Å². The molecule has 4 heterocycles. The van der Waals surface area contributed by atoms with Crippen LogP contribution in [0, 0.1) is 11.6 Å². The third kappa shape index (κ3) is 11.1. The molecule has 1 N–H and O–H groups in total. The molecule has 2 amide bonds. The van der Waals surface area contributed by atoms with Crippen molar-refractivity contribution < 1.29 is 47.2 Å². The average molecular weight is 881 g/mol. The number of carbonyl (C=O) groups excluding carboxylic acids is 3. The zero-order valence-corrected chi connectivity index (χ0v) is 36.9. The molecule has 64 heavy (non-hydrogen) atoms. The largest absolute Gasteiger partial charge is 0.457 e. The third-order valence-corrected chi connectivity index (χ3v) is 10.7. The lowest BCUT2D eigenvalue weighted by molar-refractivity contribution is 0.0178. The minimum absolute atomic E-state index is 0.0138. The number of nitrogens with zero attached hydrogens (tertiary/aromatic N) is 6. The molecule has 0 aliphatic carbocycles. The molecule has 0 atom stereocenters. The smallest absolute Gasteiger partial charge is 0.410 e. The number of likely N-dealkylation sites (tertiary alicyclic amines) is 2. The molecular formula is C48H54F2N6O8. The van der Waals surface area contributed by atoms with E-state index < -0.39 is 11.2 Å². The number of hydrogen-bond donors (Lipinski definition) is 1. The predicted octanol–water partition coefficient (Wildman–Crippen LogP) is 10.4. The summed E-state index contributed by atoms with van der Waals surface area (Å²) in [6.45, 7) is 13.1. The maximum absolute atomic E-state index is 13.2. The van der Waals surface area contributed by atoms with Gasteiger partial charge in [-0.05, 0) is 140 Å². The Kier molecular flexibility index (Phi) is 13.5. The number of aldehydes is 1. The molecule has 0 spiro atoms. The van der Waals surface area contributed by atoms with Crippen LogP contribution < -0.4 is 9.47 Å². The number of hydrogen-bond acceptors (Lipinski definition) is 10. The lowest BCUT2D eigenvalue weighted by Crippen LogP contribution is -2.42. The monoisotopic (exact) mass is 880 g/mol. The first-order valence-electron chi connectivity index (χ1n) is 21.4. The first-order chi connectivity index (χ1) is 30.5. The highest BCUT2D eigenvalue weighted by Gasteiger charge is 2.31. The second kappa shape index (κ2) is 19.1. The zero-order valence-electron chi connectivity index (χ0n) is 36.9. The van der Waals surface area contributed by atoms with Crippen molar-refractivity contribution in [3.05, 3.63) is 108 Å². The van der Waals surface area contributed by atoms with E-state index in [2.05, 4.69) is 9.97 Å². The summed E-state index contributed by atoms with van der Waals surface area (Å²) in [6, 6.07) is 22.6. The number of aliphatic hydroxyl groups is 1. The number of piperidine rings is 2. The van der Waals surface area contributed by atoms with Gasteiger partial charge < -0.3 is 43.0 Å². The van der Waals surface area contributed by atoms with Crippen LogP contribution in [0.3, 0.4) is 0 Å². The molecule has 4 aromatic carbocycles. The van der Waals surface area contributed by atoms with Crippen LogP contribution in [0.25, 0.3) is 22.1 Å². The van der Waals surface area contributed by atoms with Crippen LogP contribution in [0.5, 0.6) is 23.0 Å². The summed E-state index contributed by atoms with van der Waals surface area (Å²) in [4.78, 5) is 48.9. The van der Waals surface area contributed by atoms with Crippen molar-refractivity contribution in [2.75, 3.05) is 26.2 Å². The van der Waals surface area contributed by atoms with Crippen molar-refractivity contribution in [3.8, 4) is 23.0 Å². The molecule has 338 valence electrons. The van der Waals surface area contributed by atoms with Crippen LogP contribution in [0.2, 0.25) is 0 Å². The van der Waals surface area contributed by atoms with Crippen molar-refractivity contribution in [2.24, 2.45) is 0 Å². The lowest BCUT2D eigenvalue weighted by atomic mass is 10.0. The third-order valence-electron chi connectivity index (χ3n) is 10.7. The Labute approximate surface area is 370 Å². The predicted molar refractivity (Wildman–Crippen MR) is 236 cm³/mol. The Morgan fingerprint density at radius 1 is 0.625 bits per heavy atom. The van der Waals surface area contributed by atoms with E-state index in [9.17, 15) is 28.3 Å². The van der Waals surface area contributed by atoms with Crippen LogP contribution in [-0.2, 0) is 16.1 Å². The first kappa shape index (κ1) is 45.5. The van der Waals surface area contributed by atoms with Crippen molar-refractivity contribution in [2.45, 2.75) is 97.1 Å². The number of fused-ring (bicyclic) bond motifs is 2. The summed E-state index contributed by atoms with van der Waals surface area (Å²) in [7, 11) is 0. The molecule has 0 radical (unpaired) electrons. The molecule has 16 heteroatoms. The molecule has 0 bridgehead atoms. The highest BCUT2D eigenvalue weighted by Crippen LogP contribution is 2.34. The molecule has 2 fully saturated rings. The number of amides is 2. The van der Waals surface area contributed by atoms with Gasteiger partial charge in [-0.3, -0.25) is 4.79 Å². The van der Waals surface area contributed by atoms with E-state index in [0.29, 0.717) is 79.2 Å². The van der Waals surface area contributed by atoms with E-state index in [-0.39, 0.29) is 42.5 Å². The summed E-state index contributed by atoms with van der Waals surface area (Å²) in [5.74, 6) is 2.47. The maximum Gasteiger partial charge on any atom is 0.410 e. The van der Waals surface area contributed by atoms with Gasteiger partial charge in [0.15, 0.2) is 12.1 Å². The fourth-order valence-corrected chi connectivity index (χ4v) is 7.87.